The number of benzene rings is 2. The quantitative estimate of drug-likeness (QED) is 0.467. The summed E-state index contributed by atoms with van der Waals surface area (Å²) in [6.45, 7) is 10.6. The molecule has 0 aliphatic carbocycles. The summed E-state index contributed by atoms with van der Waals surface area (Å²) in [6.07, 6.45) is 1.29. The molecule has 1 unspecified atom stereocenters. The molecule has 0 spiro atoms. The third kappa shape index (κ3) is 5.77. The van der Waals surface area contributed by atoms with Gasteiger partial charge in [0.25, 0.3) is 0 Å². The normalized spacial score (nSPS) is 12.2. The summed E-state index contributed by atoms with van der Waals surface area (Å²) in [5, 5.41) is 10.3. The van der Waals surface area contributed by atoms with Gasteiger partial charge in [-0.2, -0.15) is 0 Å². The average molecular weight is 438 g/mol. The first-order valence-electron chi connectivity index (χ1n) is 10.9. The standard InChI is InChI=1S/C26H31NO5/c1-6-30-23(26(28)29)13-19-7-9-21(10-8-19)31-15-20-14-27-22-12-17(4)11-18(5)24(22)25(20)32-16(2)3/h7-12,14,16,23H,6,13,15H2,1-5H3,(H,28,29). The largest absolute Gasteiger partial charge is 0.490 e. The Hall–Kier alpha value is -3.12. The number of carboxylic acid groups (broad SMARTS) is 1. The zero-order valence-electron chi connectivity index (χ0n) is 19.3. The fourth-order valence-corrected chi connectivity index (χ4v) is 3.70. The van der Waals surface area contributed by atoms with E-state index in [1.807, 2.05) is 44.3 Å². The first-order valence-corrected chi connectivity index (χ1v) is 10.9. The summed E-state index contributed by atoms with van der Waals surface area (Å²) < 4.78 is 17.5. The minimum Gasteiger partial charge on any atom is -0.490 e. The molecule has 6 nitrogen and oxygen atoms in total. The van der Waals surface area contributed by atoms with Gasteiger partial charge in [-0.1, -0.05) is 18.2 Å². The van der Waals surface area contributed by atoms with Gasteiger partial charge >= 0.3 is 5.97 Å². The summed E-state index contributed by atoms with van der Waals surface area (Å²) in [4.78, 5) is 15.9. The number of hydrogen-bond acceptors (Lipinski definition) is 5. The van der Waals surface area contributed by atoms with Crippen LogP contribution in [0.25, 0.3) is 10.9 Å². The zero-order chi connectivity index (χ0) is 23.3. The molecule has 0 radical (unpaired) electrons. The van der Waals surface area contributed by atoms with Crippen LogP contribution >= 0.6 is 0 Å². The van der Waals surface area contributed by atoms with Crippen LogP contribution in [0.5, 0.6) is 11.5 Å². The topological polar surface area (TPSA) is 77.9 Å². The smallest absolute Gasteiger partial charge is 0.333 e. The van der Waals surface area contributed by atoms with E-state index in [2.05, 4.69) is 31.0 Å². The van der Waals surface area contributed by atoms with Gasteiger partial charge in [0.2, 0.25) is 0 Å². The van der Waals surface area contributed by atoms with Crippen LogP contribution < -0.4 is 9.47 Å². The highest BCUT2D eigenvalue weighted by atomic mass is 16.5. The summed E-state index contributed by atoms with van der Waals surface area (Å²) >= 11 is 0. The molecule has 0 saturated carbocycles. The van der Waals surface area contributed by atoms with Crippen molar-refractivity contribution < 1.29 is 24.1 Å². The van der Waals surface area contributed by atoms with E-state index in [9.17, 15) is 9.90 Å². The minimum atomic E-state index is -0.959. The lowest BCUT2D eigenvalue weighted by molar-refractivity contribution is -0.149. The lowest BCUT2D eigenvalue weighted by Gasteiger charge is -2.18. The molecule has 32 heavy (non-hydrogen) atoms. The first-order chi connectivity index (χ1) is 15.3. The van der Waals surface area contributed by atoms with Crippen molar-refractivity contribution in [3.8, 4) is 11.5 Å². The molecule has 1 heterocycles. The Morgan fingerprint density at radius 2 is 1.84 bits per heavy atom. The molecule has 170 valence electrons. The van der Waals surface area contributed by atoms with E-state index >= 15 is 0 Å². The van der Waals surface area contributed by atoms with Gasteiger partial charge in [0.05, 0.1) is 17.2 Å². The number of aromatic nitrogens is 1. The van der Waals surface area contributed by atoms with E-state index in [4.69, 9.17) is 14.2 Å². The van der Waals surface area contributed by atoms with Crippen LogP contribution in [0.1, 0.15) is 43.0 Å². The van der Waals surface area contributed by atoms with Crippen LogP contribution in [0.2, 0.25) is 0 Å². The second kappa shape index (κ2) is 10.5. The zero-order valence-corrected chi connectivity index (χ0v) is 19.3. The van der Waals surface area contributed by atoms with Crippen LogP contribution in [0.15, 0.2) is 42.6 Å². The molecule has 6 heteroatoms. The number of aryl methyl sites for hydroxylation is 2. The molecule has 0 amide bonds. The molecule has 0 bridgehead atoms. The number of hydrogen-bond donors (Lipinski definition) is 1. The van der Waals surface area contributed by atoms with E-state index in [-0.39, 0.29) is 6.10 Å². The van der Waals surface area contributed by atoms with Gasteiger partial charge in [0, 0.05) is 24.6 Å². The molecule has 0 fully saturated rings. The van der Waals surface area contributed by atoms with Gasteiger partial charge in [-0.05, 0) is 69.5 Å². The van der Waals surface area contributed by atoms with Gasteiger partial charge in [0.15, 0.2) is 6.10 Å². The van der Waals surface area contributed by atoms with Crippen LogP contribution in [-0.2, 0) is 22.6 Å². The van der Waals surface area contributed by atoms with Gasteiger partial charge in [-0.3, -0.25) is 4.98 Å². The van der Waals surface area contributed by atoms with E-state index in [0.717, 1.165) is 38.9 Å². The molecule has 1 aromatic heterocycles. The second-order valence-corrected chi connectivity index (χ2v) is 8.17. The third-order valence-electron chi connectivity index (χ3n) is 5.07. The highest BCUT2D eigenvalue weighted by Gasteiger charge is 2.18. The van der Waals surface area contributed by atoms with E-state index in [1.54, 1.807) is 6.92 Å². The van der Waals surface area contributed by atoms with Crippen LogP contribution in [0, 0.1) is 13.8 Å². The summed E-state index contributed by atoms with van der Waals surface area (Å²) in [5.41, 5.74) is 4.95. The number of pyridine rings is 1. The van der Waals surface area contributed by atoms with Gasteiger partial charge in [-0.25, -0.2) is 4.79 Å². The molecule has 3 aromatic rings. The molecular formula is C26H31NO5. The highest BCUT2D eigenvalue weighted by molar-refractivity contribution is 5.89. The highest BCUT2D eigenvalue weighted by Crippen LogP contribution is 2.33. The number of fused-ring (bicyclic) bond motifs is 1. The molecule has 1 N–H and O–H groups in total. The molecule has 0 aliphatic rings. The number of carbonyl (C=O) groups is 1. The Balaban J connectivity index is 1.79. The molecule has 2 aromatic carbocycles. The van der Waals surface area contributed by atoms with Crippen molar-refractivity contribution in [3.05, 3.63) is 64.8 Å². The average Bonchev–Trinajstić information content (AvgIpc) is 2.73. The second-order valence-electron chi connectivity index (χ2n) is 8.17. The lowest BCUT2D eigenvalue weighted by Crippen LogP contribution is -2.26. The molecule has 3 rings (SSSR count). The maximum Gasteiger partial charge on any atom is 0.333 e. The monoisotopic (exact) mass is 437 g/mol. The maximum atomic E-state index is 11.3. The maximum absolute atomic E-state index is 11.3. The number of rotatable bonds is 10. The van der Waals surface area contributed by atoms with Gasteiger partial charge < -0.3 is 19.3 Å². The van der Waals surface area contributed by atoms with Crippen molar-refractivity contribution >= 4 is 16.9 Å². The fraction of sp³-hybridized carbons (Fsp3) is 0.385. The fourth-order valence-electron chi connectivity index (χ4n) is 3.70. The van der Waals surface area contributed by atoms with E-state index in [1.165, 1.54) is 0 Å². The predicted molar refractivity (Wildman–Crippen MR) is 125 cm³/mol. The molecular weight excluding hydrogens is 406 g/mol. The van der Waals surface area contributed by atoms with Crippen LogP contribution in [0.4, 0.5) is 0 Å². The number of aliphatic carboxylic acids is 1. The number of nitrogens with zero attached hydrogens (tertiary/aromatic N) is 1. The van der Waals surface area contributed by atoms with Crippen LogP contribution in [-0.4, -0.2) is 34.9 Å². The summed E-state index contributed by atoms with van der Waals surface area (Å²) in [6, 6.07) is 11.6. The first kappa shape index (κ1) is 23.5. The Morgan fingerprint density at radius 3 is 2.47 bits per heavy atom. The summed E-state index contributed by atoms with van der Waals surface area (Å²) in [5.74, 6) is 0.535. The third-order valence-corrected chi connectivity index (χ3v) is 5.07. The summed E-state index contributed by atoms with van der Waals surface area (Å²) in [7, 11) is 0. The molecule has 0 aliphatic heterocycles. The van der Waals surface area contributed by atoms with Crippen molar-refractivity contribution in [1.29, 1.82) is 0 Å². The molecule has 1 atom stereocenters. The Bertz CT molecular complexity index is 1080. The van der Waals surface area contributed by atoms with Crippen molar-refractivity contribution in [2.75, 3.05) is 6.61 Å². The van der Waals surface area contributed by atoms with Crippen molar-refractivity contribution in [2.24, 2.45) is 0 Å². The van der Waals surface area contributed by atoms with Crippen molar-refractivity contribution in [3.63, 3.8) is 0 Å². The van der Waals surface area contributed by atoms with Gasteiger partial charge in [0.1, 0.15) is 18.1 Å². The van der Waals surface area contributed by atoms with Gasteiger partial charge in [-0.15, -0.1) is 0 Å². The van der Waals surface area contributed by atoms with Crippen molar-refractivity contribution in [1.82, 2.24) is 4.98 Å². The predicted octanol–water partition coefficient (Wildman–Crippen LogP) is 5.25. The Labute approximate surface area is 189 Å². The number of ether oxygens (including phenoxy) is 3. The van der Waals surface area contributed by atoms with Crippen LogP contribution in [0.3, 0.4) is 0 Å². The Kier molecular flexibility index (Phi) is 7.70. The van der Waals surface area contributed by atoms with E-state index < -0.39 is 12.1 Å². The Morgan fingerprint density at radius 1 is 1.12 bits per heavy atom. The number of carboxylic acids is 1. The van der Waals surface area contributed by atoms with E-state index in [0.29, 0.717) is 25.4 Å². The SMILES string of the molecule is CCOC(Cc1ccc(OCc2cnc3cc(C)cc(C)c3c2OC(C)C)cc1)C(=O)O. The lowest BCUT2D eigenvalue weighted by atomic mass is 10.0. The molecule has 0 saturated heterocycles. The minimum absolute atomic E-state index is 0.0202. The van der Waals surface area contributed by atoms with Crippen molar-refractivity contribution in [2.45, 2.75) is 59.9 Å².